The van der Waals surface area contributed by atoms with E-state index < -0.39 is 0 Å². The molecule has 4 rings (SSSR count). The first-order valence-corrected chi connectivity index (χ1v) is 9.76. The van der Waals surface area contributed by atoms with Gasteiger partial charge in [-0.15, -0.1) is 5.10 Å². The number of amidine groups is 1. The van der Waals surface area contributed by atoms with Crippen LogP contribution in [0.3, 0.4) is 0 Å². The van der Waals surface area contributed by atoms with Gasteiger partial charge in [0.05, 0.1) is 16.8 Å². The lowest BCUT2D eigenvalue weighted by molar-refractivity contribution is -0.113. The van der Waals surface area contributed by atoms with Crippen LogP contribution < -0.4 is 4.90 Å². The molecule has 6 heteroatoms. The van der Waals surface area contributed by atoms with E-state index >= 15 is 0 Å². The summed E-state index contributed by atoms with van der Waals surface area (Å²) in [5.74, 6) is -0.0492. The summed E-state index contributed by atoms with van der Waals surface area (Å²) in [7, 11) is 0. The maximum atomic E-state index is 13.1. The Kier molecular flexibility index (Phi) is 5.54. The second-order valence-corrected chi connectivity index (χ2v) is 7.23. The average molecular weight is 399 g/mol. The van der Waals surface area contributed by atoms with Gasteiger partial charge in [-0.1, -0.05) is 60.7 Å². The molecule has 1 saturated heterocycles. The minimum Gasteiger partial charge on any atom is -0.508 e. The van der Waals surface area contributed by atoms with Crippen molar-refractivity contribution in [3.05, 3.63) is 101 Å². The Hall–Kier alpha value is -3.64. The lowest BCUT2D eigenvalue weighted by atomic mass is 10.2. The molecule has 0 saturated carbocycles. The van der Waals surface area contributed by atoms with Crippen molar-refractivity contribution in [2.45, 2.75) is 0 Å². The van der Waals surface area contributed by atoms with E-state index in [2.05, 4.69) is 10.2 Å². The van der Waals surface area contributed by atoms with E-state index in [4.69, 9.17) is 0 Å². The highest BCUT2D eigenvalue weighted by Crippen LogP contribution is 2.36. The highest BCUT2D eigenvalue weighted by Gasteiger charge is 2.34. The van der Waals surface area contributed by atoms with Crippen LogP contribution in [0.1, 0.15) is 11.1 Å². The summed E-state index contributed by atoms with van der Waals surface area (Å²) in [5.41, 5.74) is 2.47. The number of amides is 1. The fraction of sp³-hybridized carbons (Fsp3) is 0. The molecule has 0 bridgehead atoms. The number of carbonyl (C=O) groups excluding carboxylic acids is 1. The highest BCUT2D eigenvalue weighted by molar-refractivity contribution is 8.19. The summed E-state index contributed by atoms with van der Waals surface area (Å²) in [4.78, 5) is 15.1. The van der Waals surface area contributed by atoms with Gasteiger partial charge >= 0.3 is 0 Å². The standard InChI is InChI=1S/C23H17N3O2S/c27-20-13-11-19(12-14-20)26-22(28)21(15-17-7-3-1-4-8-17)29-23(26)25-24-16-18-9-5-2-6-10-18/h1-16,27H/b21-15-,24-16-,25-23+. The predicted octanol–water partition coefficient (Wildman–Crippen LogP) is 4.90. The van der Waals surface area contributed by atoms with E-state index in [-0.39, 0.29) is 11.7 Å². The topological polar surface area (TPSA) is 65.3 Å². The van der Waals surface area contributed by atoms with Crippen LogP contribution in [0, 0.1) is 0 Å². The number of hydrogen-bond acceptors (Lipinski definition) is 5. The van der Waals surface area contributed by atoms with Crippen molar-refractivity contribution in [3.63, 3.8) is 0 Å². The van der Waals surface area contributed by atoms with E-state index in [0.29, 0.717) is 15.8 Å². The number of thioether (sulfide) groups is 1. The molecule has 3 aromatic rings. The van der Waals surface area contributed by atoms with Crippen molar-refractivity contribution >= 4 is 40.8 Å². The van der Waals surface area contributed by atoms with Crippen LogP contribution >= 0.6 is 11.8 Å². The molecular formula is C23H17N3O2S. The van der Waals surface area contributed by atoms with Crippen molar-refractivity contribution in [3.8, 4) is 5.75 Å². The molecule has 1 aliphatic heterocycles. The second-order valence-electron chi connectivity index (χ2n) is 6.22. The third kappa shape index (κ3) is 4.44. The van der Waals surface area contributed by atoms with Gasteiger partial charge in [0.1, 0.15) is 5.75 Å². The molecule has 3 aromatic carbocycles. The summed E-state index contributed by atoms with van der Waals surface area (Å²) in [5, 5.41) is 18.5. The lowest BCUT2D eigenvalue weighted by Gasteiger charge is -2.14. The van der Waals surface area contributed by atoms with Gasteiger partial charge in [0.25, 0.3) is 5.91 Å². The van der Waals surface area contributed by atoms with Gasteiger partial charge in [0, 0.05) is 0 Å². The van der Waals surface area contributed by atoms with Gasteiger partial charge in [-0.05, 0) is 53.2 Å². The molecule has 1 heterocycles. The number of anilines is 1. The number of phenols is 1. The first-order valence-electron chi connectivity index (χ1n) is 8.95. The zero-order valence-electron chi connectivity index (χ0n) is 15.3. The van der Waals surface area contributed by atoms with Crippen LogP contribution in [0.4, 0.5) is 5.69 Å². The summed E-state index contributed by atoms with van der Waals surface area (Å²) in [6, 6.07) is 25.7. The van der Waals surface area contributed by atoms with Gasteiger partial charge < -0.3 is 5.11 Å². The SMILES string of the molecule is O=C1/C(=C/c2ccccc2)S/C(=N/N=C\c2ccccc2)N1c1ccc(O)cc1. The van der Waals surface area contributed by atoms with E-state index in [1.165, 1.54) is 28.8 Å². The Morgan fingerprint density at radius 1 is 0.828 bits per heavy atom. The van der Waals surface area contributed by atoms with Crippen LogP contribution in [0.5, 0.6) is 5.75 Å². The lowest BCUT2D eigenvalue weighted by Crippen LogP contribution is -2.28. The van der Waals surface area contributed by atoms with Gasteiger partial charge in [0.15, 0.2) is 0 Å². The van der Waals surface area contributed by atoms with E-state index in [0.717, 1.165) is 11.1 Å². The van der Waals surface area contributed by atoms with Crippen molar-refractivity contribution in [1.29, 1.82) is 0 Å². The molecule has 1 aliphatic rings. The Morgan fingerprint density at radius 2 is 1.45 bits per heavy atom. The molecular weight excluding hydrogens is 382 g/mol. The summed E-state index contributed by atoms with van der Waals surface area (Å²) >= 11 is 1.27. The zero-order chi connectivity index (χ0) is 20.1. The molecule has 1 N–H and O–H groups in total. The predicted molar refractivity (Wildman–Crippen MR) is 119 cm³/mol. The smallest absolute Gasteiger partial charge is 0.271 e. The highest BCUT2D eigenvalue weighted by atomic mass is 32.2. The quantitative estimate of drug-likeness (QED) is 0.385. The first-order chi connectivity index (χ1) is 14.2. The van der Waals surface area contributed by atoms with Crippen LogP contribution in [-0.4, -0.2) is 22.4 Å². The molecule has 29 heavy (non-hydrogen) atoms. The maximum absolute atomic E-state index is 13.1. The molecule has 0 atom stereocenters. The Labute approximate surface area is 172 Å². The first kappa shape index (κ1) is 18.7. The number of carbonyl (C=O) groups is 1. The molecule has 0 aliphatic carbocycles. The van der Waals surface area contributed by atoms with Gasteiger partial charge in [-0.2, -0.15) is 5.10 Å². The van der Waals surface area contributed by atoms with Crippen LogP contribution in [-0.2, 0) is 4.79 Å². The Bertz CT molecular complexity index is 1090. The fourth-order valence-electron chi connectivity index (χ4n) is 2.76. The van der Waals surface area contributed by atoms with Gasteiger partial charge in [0.2, 0.25) is 5.17 Å². The molecule has 1 fully saturated rings. The molecule has 0 radical (unpaired) electrons. The van der Waals surface area contributed by atoms with Crippen LogP contribution in [0.2, 0.25) is 0 Å². The maximum Gasteiger partial charge on any atom is 0.271 e. The number of benzene rings is 3. The van der Waals surface area contributed by atoms with E-state index in [1.54, 1.807) is 18.3 Å². The normalized spacial score (nSPS) is 17.0. The summed E-state index contributed by atoms with van der Waals surface area (Å²) in [6.07, 6.45) is 3.48. The Morgan fingerprint density at radius 3 is 2.10 bits per heavy atom. The number of rotatable bonds is 4. The second kappa shape index (κ2) is 8.58. The minimum absolute atomic E-state index is 0.133. The number of nitrogens with zero attached hydrogens (tertiary/aromatic N) is 3. The van der Waals surface area contributed by atoms with E-state index in [9.17, 15) is 9.90 Å². The third-order valence-corrected chi connectivity index (χ3v) is 5.12. The van der Waals surface area contributed by atoms with Crippen LogP contribution in [0.15, 0.2) is 100 Å². The Balaban J connectivity index is 1.69. The van der Waals surface area contributed by atoms with Crippen molar-refractivity contribution in [2.75, 3.05) is 4.90 Å². The van der Waals surface area contributed by atoms with Crippen molar-refractivity contribution < 1.29 is 9.90 Å². The molecule has 5 nitrogen and oxygen atoms in total. The molecule has 0 aromatic heterocycles. The molecule has 0 spiro atoms. The number of aromatic hydroxyl groups is 1. The van der Waals surface area contributed by atoms with Crippen molar-refractivity contribution in [1.82, 2.24) is 0 Å². The summed E-state index contributed by atoms with van der Waals surface area (Å²) < 4.78 is 0. The summed E-state index contributed by atoms with van der Waals surface area (Å²) in [6.45, 7) is 0. The molecule has 1 amide bonds. The van der Waals surface area contributed by atoms with Gasteiger partial charge in [-0.3, -0.25) is 9.69 Å². The third-order valence-electron chi connectivity index (χ3n) is 4.16. The molecule has 0 unspecified atom stereocenters. The number of hydrogen-bond donors (Lipinski definition) is 1. The largest absolute Gasteiger partial charge is 0.508 e. The van der Waals surface area contributed by atoms with E-state index in [1.807, 2.05) is 66.7 Å². The zero-order valence-corrected chi connectivity index (χ0v) is 16.2. The monoisotopic (exact) mass is 399 g/mol. The minimum atomic E-state index is -0.182. The average Bonchev–Trinajstić information content (AvgIpc) is 3.05. The van der Waals surface area contributed by atoms with Gasteiger partial charge in [-0.25, -0.2) is 0 Å². The molecule has 142 valence electrons. The number of phenolic OH excluding ortho intramolecular Hbond substituents is 1. The van der Waals surface area contributed by atoms with Crippen molar-refractivity contribution in [2.24, 2.45) is 10.2 Å². The van der Waals surface area contributed by atoms with Crippen LogP contribution in [0.25, 0.3) is 6.08 Å². The fourth-order valence-corrected chi connectivity index (χ4v) is 3.69.